The van der Waals surface area contributed by atoms with Crippen molar-refractivity contribution in [3.8, 4) is 0 Å². The Kier molecular flexibility index (Phi) is 4.02. The van der Waals surface area contributed by atoms with Crippen LogP contribution in [0.5, 0.6) is 0 Å². The third-order valence-corrected chi connectivity index (χ3v) is 6.72. The third kappa shape index (κ3) is 2.72. The van der Waals surface area contributed by atoms with Crippen LogP contribution in [0.2, 0.25) is 0 Å². The van der Waals surface area contributed by atoms with E-state index in [9.17, 15) is 14.4 Å². The Morgan fingerprint density at radius 2 is 2.20 bits per heavy atom. The molecule has 1 aliphatic heterocycles. The Hall–Kier alpha value is -1.96. The molecule has 3 aliphatic rings. The van der Waals surface area contributed by atoms with Gasteiger partial charge in [0.25, 0.3) is 5.91 Å². The number of anilines is 1. The number of urea groups is 1. The standard InChI is InChI=1S/C17H22N4O3S/c1-10-5-2-3-8-17(10)14(23)21(16(24)20-17)9-13(22)19-15-18-11-6-4-7-12(11)25-15/h10H,2-9H2,1H3,(H,20,24)(H,18,19,22)/t10-,17-/m0/s1. The van der Waals surface area contributed by atoms with Crippen LogP contribution in [0.4, 0.5) is 9.93 Å². The van der Waals surface area contributed by atoms with Crippen LogP contribution in [0.3, 0.4) is 0 Å². The first-order valence-corrected chi connectivity index (χ1v) is 9.74. The van der Waals surface area contributed by atoms with Crippen LogP contribution < -0.4 is 10.6 Å². The molecule has 1 spiro atoms. The molecule has 4 amide bonds. The Bertz CT molecular complexity index is 725. The molecule has 2 fully saturated rings. The van der Waals surface area contributed by atoms with Gasteiger partial charge in [0.05, 0.1) is 5.69 Å². The van der Waals surface area contributed by atoms with Gasteiger partial charge >= 0.3 is 6.03 Å². The number of fused-ring (bicyclic) bond motifs is 1. The molecule has 0 aromatic carbocycles. The Morgan fingerprint density at radius 1 is 1.36 bits per heavy atom. The van der Waals surface area contributed by atoms with Gasteiger partial charge in [-0.25, -0.2) is 9.78 Å². The van der Waals surface area contributed by atoms with Crippen molar-refractivity contribution in [2.45, 2.75) is 57.4 Å². The van der Waals surface area contributed by atoms with Crippen molar-refractivity contribution in [1.82, 2.24) is 15.2 Å². The molecule has 134 valence electrons. The number of hydrogen-bond donors (Lipinski definition) is 2. The highest BCUT2D eigenvalue weighted by atomic mass is 32.1. The number of rotatable bonds is 3. The quantitative estimate of drug-likeness (QED) is 0.805. The van der Waals surface area contributed by atoms with Crippen molar-refractivity contribution >= 4 is 34.3 Å². The van der Waals surface area contributed by atoms with Gasteiger partial charge in [-0.2, -0.15) is 0 Å². The van der Waals surface area contributed by atoms with E-state index in [0.717, 1.165) is 49.1 Å². The van der Waals surface area contributed by atoms with Gasteiger partial charge in [0, 0.05) is 4.88 Å². The van der Waals surface area contributed by atoms with Gasteiger partial charge in [0.15, 0.2) is 5.13 Å². The van der Waals surface area contributed by atoms with Gasteiger partial charge in [-0.1, -0.05) is 19.8 Å². The lowest BCUT2D eigenvalue weighted by atomic mass is 9.73. The van der Waals surface area contributed by atoms with E-state index >= 15 is 0 Å². The Balaban J connectivity index is 1.43. The van der Waals surface area contributed by atoms with E-state index in [1.165, 1.54) is 16.2 Å². The Labute approximate surface area is 150 Å². The fourth-order valence-electron chi connectivity index (χ4n) is 4.19. The van der Waals surface area contributed by atoms with E-state index < -0.39 is 11.6 Å². The Morgan fingerprint density at radius 3 is 2.96 bits per heavy atom. The van der Waals surface area contributed by atoms with Crippen LogP contribution in [0.25, 0.3) is 0 Å². The highest BCUT2D eigenvalue weighted by Gasteiger charge is 2.55. The van der Waals surface area contributed by atoms with Gasteiger partial charge in [-0.05, 0) is 38.0 Å². The summed E-state index contributed by atoms with van der Waals surface area (Å²) in [6, 6.07) is -0.462. The minimum absolute atomic E-state index is 0.0905. The average molecular weight is 362 g/mol. The van der Waals surface area contributed by atoms with Crippen LogP contribution >= 0.6 is 11.3 Å². The van der Waals surface area contributed by atoms with Crippen LogP contribution in [-0.2, 0) is 22.4 Å². The molecule has 1 saturated carbocycles. The molecule has 0 unspecified atom stereocenters. The van der Waals surface area contributed by atoms with Crippen LogP contribution in [0.1, 0.15) is 49.6 Å². The molecule has 2 atom stereocenters. The van der Waals surface area contributed by atoms with Crippen molar-refractivity contribution in [1.29, 1.82) is 0 Å². The summed E-state index contributed by atoms with van der Waals surface area (Å²) >= 11 is 1.48. The van der Waals surface area contributed by atoms with E-state index in [0.29, 0.717) is 11.6 Å². The van der Waals surface area contributed by atoms with E-state index in [4.69, 9.17) is 0 Å². The van der Waals surface area contributed by atoms with Gasteiger partial charge in [0.2, 0.25) is 5.91 Å². The average Bonchev–Trinajstić information content (AvgIpc) is 3.20. The lowest BCUT2D eigenvalue weighted by molar-refractivity contribution is -0.136. The first kappa shape index (κ1) is 16.5. The number of carbonyl (C=O) groups excluding carboxylic acids is 3. The number of aromatic nitrogens is 1. The van der Waals surface area contributed by atoms with Crippen LogP contribution in [0.15, 0.2) is 0 Å². The van der Waals surface area contributed by atoms with Crippen LogP contribution in [0, 0.1) is 5.92 Å². The molecule has 1 saturated heterocycles. The molecular weight excluding hydrogens is 340 g/mol. The van der Waals surface area contributed by atoms with Gasteiger partial charge in [0.1, 0.15) is 12.1 Å². The van der Waals surface area contributed by atoms with Crippen molar-refractivity contribution in [3.05, 3.63) is 10.6 Å². The number of imide groups is 1. The zero-order chi connectivity index (χ0) is 17.6. The second-order valence-corrected chi connectivity index (χ2v) is 8.31. The van der Waals surface area contributed by atoms with Crippen molar-refractivity contribution in [2.24, 2.45) is 5.92 Å². The minimum Gasteiger partial charge on any atom is -0.323 e. The summed E-state index contributed by atoms with van der Waals surface area (Å²) in [4.78, 5) is 44.2. The normalized spacial score (nSPS) is 28.4. The lowest BCUT2D eigenvalue weighted by Crippen LogP contribution is -2.54. The van der Waals surface area contributed by atoms with Crippen molar-refractivity contribution in [3.63, 3.8) is 0 Å². The zero-order valence-electron chi connectivity index (χ0n) is 14.3. The van der Waals surface area contributed by atoms with E-state index in [-0.39, 0.29) is 24.3 Å². The SMILES string of the molecule is C[C@H]1CCCC[C@]12NC(=O)N(CC(=O)Nc1nc3c(s1)CCC3)C2=O. The summed E-state index contributed by atoms with van der Waals surface area (Å²) < 4.78 is 0. The molecule has 1 aromatic rings. The minimum atomic E-state index is -0.821. The zero-order valence-corrected chi connectivity index (χ0v) is 15.1. The van der Waals surface area contributed by atoms with E-state index in [1.54, 1.807) is 0 Å². The van der Waals surface area contributed by atoms with Crippen molar-refractivity contribution in [2.75, 3.05) is 11.9 Å². The number of amides is 4. The molecule has 8 heteroatoms. The largest absolute Gasteiger partial charge is 0.325 e. The molecule has 2 heterocycles. The topological polar surface area (TPSA) is 91.4 Å². The number of thiazole rings is 1. The van der Waals surface area contributed by atoms with Gasteiger partial charge in [-0.15, -0.1) is 11.3 Å². The number of aryl methyl sites for hydroxylation is 2. The highest BCUT2D eigenvalue weighted by Crippen LogP contribution is 2.38. The number of hydrogen-bond acceptors (Lipinski definition) is 5. The first-order valence-electron chi connectivity index (χ1n) is 8.92. The molecule has 7 nitrogen and oxygen atoms in total. The molecule has 2 aliphatic carbocycles. The maximum Gasteiger partial charge on any atom is 0.325 e. The fraction of sp³-hybridized carbons (Fsp3) is 0.647. The summed E-state index contributed by atoms with van der Waals surface area (Å²) in [7, 11) is 0. The smallest absolute Gasteiger partial charge is 0.323 e. The van der Waals surface area contributed by atoms with Crippen LogP contribution in [-0.4, -0.2) is 39.8 Å². The lowest BCUT2D eigenvalue weighted by Gasteiger charge is -2.36. The highest BCUT2D eigenvalue weighted by molar-refractivity contribution is 7.15. The maximum absolute atomic E-state index is 12.9. The molecule has 1 aromatic heterocycles. The third-order valence-electron chi connectivity index (χ3n) is 5.65. The van der Waals surface area contributed by atoms with Gasteiger partial charge in [-0.3, -0.25) is 14.5 Å². The molecule has 2 N–H and O–H groups in total. The molecule has 25 heavy (non-hydrogen) atoms. The van der Waals surface area contributed by atoms with Gasteiger partial charge < -0.3 is 10.6 Å². The molecule has 0 radical (unpaired) electrons. The van der Waals surface area contributed by atoms with Crippen molar-refractivity contribution < 1.29 is 14.4 Å². The van der Waals surface area contributed by atoms with E-state index in [1.807, 2.05) is 6.92 Å². The summed E-state index contributed by atoms with van der Waals surface area (Å²) in [6.07, 6.45) is 6.63. The summed E-state index contributed by atoms with van der Waals surface area (Å²) in [6.45, 7) is 1.74. The second kappa shape index (κ2) is 6.09. The predicted octanol–water partition coefficient (Wildman–Crippen LogP) is 2.07. The first-order chi connectivity index (χ1) is 12.0. The number of nitrogens with zero attached hydrogens (tertiary/aromatic N) is 2. The number of nitrogens with one attached hydrogen (secondary N) is 2. The molecule has 4 rings (SSSR count). The second-order valence-electron chi connectivity index (χ2n) is 7.23. The summed E-state index contributed by atoms with van der Waals surface area (Å²) in [5.74, 6) is -0.550. The molecular formula is C17H22N4O3S. The number of carbonyl (C=O) groups is 3. The molecule has 0 bridgehead atoms. The predicted molar refractivity (Wildman–Crippen MR) is 93.4 cm³/mol. The fourth-order valence-corrected chi connectivity index (χ4v) is 5.25. The summed E-state index contributed by atoms with van der Waals surface area (Å²) in [5, 5.41) is 6.16. The maximum atomic E-state index is 12.9. The van der Waals surface area contributed by atoms with E-state index in [2.05, 4.69) is 15.6 Å². The summed E-state index contributed by atoms with van der Waals surface area (Å²) in [5.41, 5.74) is 0.239. The monoisotopic (exact) mass is 362 g/mol.